The summed E-state index contributed by atoms with van der Waals surface area (Å²) in [5, 5.41) is 0. The fourth-order valence-corrected chi connectivity index (χ4v) is 1.16. The maximum Gasteiger partial charge on any atom is 0.146 e. The molecule has 0 fully saturated rings. The summed E-state index contributed by atoms with van der Waals surface area (Å²) in [6.07, 6.45) is 0.583. The van der Waals surface area contributed by atoms with Crippen LogP contribution in [-0.4, -0.2) is 18.9 Å². The fourth-order valence-electron chi connectivity index (χ4n) is 1.16. The first-order valence-electron chi connectivity index (χ1n) is 5.52. The van der Waals surface area contributed by atoms with Crippen molar-refractivity contribution in [2.75, 3.05) is 7.11 Å². The van der Waals surface area contributed by atoms with Crippen LogP contribution >= 0.6 is 0 Å². The van der Waals surface area contributed by atoms with Crippen LogP contribution in [-0.2, 0) is 11.2 Å². The van der Waals surface area contributed by atoms with Crippen LogP contribution in [0.2, 0.25) is 0 Å². The Kier molecular flexibility index (Phi) is 7.21. The molecule has 0 aromatic heterocycles. The second-order valence-electron chi connectivity index (χ2n) is 3.27. The van der Waals surface area contributed by atoms with E-state index in [0.717, 1.165) is 11.3 Å². The number of ether oxygens (including phenoxy) is 1. The Morgan fingerprint density at radius 3 is 2.19 bits per heavy atom. The van der Waals surface area contributed by atoms with Crippen molar-refractivity contribution in [3.05, 3.63) is 29.8 Å². The largest absolute Gasteiger partial charge is 0.497 e. The van der Waals surface area contributed by atoms with E-state index in [-0.39, 0.29) is 5.78 Å². The normalized spacial score (nSPS) is 11.1. The standard InChI is InChI=1S/C11H15NO2.C2H6/c1-8(13)11(12)7-9-3-5-10(14-2)6-4-9;1-2/h3-6,11H,7,12H2,1-2H3;1-2H3/t11-;/m1./s1. The quantitative estimate of drug-likeness (QED) is 0.851. The van der Waals surface area contributed by atoms with E-state index in [2.05, 4.69) is 0 Å². The number of carbonyl (C=O) groups excluding carboxylic acids is 1. The second kappa shape index (κ2) is 7.88. The van der Waals surface area contributed by atoms with E-state index >= 15 is 0 Å². The Balaban J connectivity index is 0.00000106. The van der Waals surface area contributed by atoms with Crippen molar-refractivity contribution >= 4 is 5.78 Å². The van der Waals surface area contributed by atoms with Gasteiger partial charge in [-0.1, -0.05) is 26.0 Å². The molecule has 0 radical (unpaired) electrons. The van der Waals surface area contributed by atoms with Gasteiger partial charge in [0.05, 0.1) is 13.2 Å². The number of carbonyl (C=O) groups is 1. The molecule has 0 aliphatic carbocycles. The topological polar surface area (TPSA) is 52.3 Å². The summed E-state index contributed by atoms with van der Waals surface area (Å²) < 4.78 is 5.02. The van der Waals surface area contributed by atoms with Gasteiger partial charge in [-0.25, -0.2) is 0 Å². The molecule has 0 aliphatic rings. The van der Waals surface area contributed by atoms with Crippen LogP contribution in [0.5, 0.6) is 5.75 Å². The smallest absolute Gasteiger partial charge is 0.146 e. The van der Waals surface area contributed by atoms with Gasteiger partial charge < -0.3 is 10.5 Å². The van der Waals surface area contributed by atoms with E-state index in [4.69, 9.17) is 10.5 Å². The van der Waals surface area contributed by atoms with E-state index in [0.29, 0.717) is 6.42 Å². The average molecular weight is 223 g/mol. The van der Waals surface area contributed by atoms with Crippen LogP contribution in [0.25, 0.3) is 0 Å². The average Bonchev–Trinajstić information content (AvgIpc) is 2.32. The molecule has 1 aromatic carbocycles. The summed E-state index contributed by atoms with van der Waals surface area (Å²) >= 11 is 0. The number of nitrogens with two attached hydrogens (primary N) is 1. The summed E-state index contributed by atoms with van der Waals surface area (Å²) in [4.78, 5) is 10.9. The highest BCUT2D eigenvalue weighted by Gasteiger charge is 2.08. The van der Waals surface area contributed by atoms with Gasteiger partial charge >= 0.3 is 0 Å². The summed E-state index contributed by atoms with van der Waals surface area (Å²) in [6, 6.07) is 7.16. The minimum absolute atomic E-state index is 0.0146. The van der Waals surface area contributed by atoms with Crippen molar-refractivity contribution in [3.8, 4) is 5.75 Å². The van der Waals surface area contributed by atoms with Crippen LogP contribution in [0.3, 0.4) is 0 Å². The first-order chi connectivity index (χ1) is 7.63. The van der Waals surface area contributed by atoms with Crippen molar-refractivity contribution in [1.82, 2.24) is 0 Å². The van der Waals surface area contributed by atoms with Gasteiger partial charge in [-0.15, -0.1) is 0 Å². The monoisotopic (exact) mass is 223 g/mol. The predicted octanol–water partition coefficient (Wildman–Crippen LogP) is 2.18. The molecule has 0 bridgehead atoms. The van der Waals surface area contributed by atoms with E-state index in [1.165, 1.54) is 6.92 Å². The molecule has 90 valence electrons. The molecule has 1 aromatic rings. The molecular weight excluding hydrogens is 202 g/mol. The molecule has 1 atom stereocenters. The summed E-state index contributed by atoms with van der Waals surface area (Å²) in [7, 11) is 1.62. The zero-order valence-electron chi connectivity index (χ0n) is 10.5. The van der Waals surface area contributed by atoms with Gasteiger partial charge in [0.1, 0.15) is 11.5 Å². The fraction of sp³-hybridized carbons (Fsp3) is 0.462. The number of hydrogen-bond acceptors (Lipinski definition) is 3. The van der Waals surface area contributed by atoms with Crippen LogP contribution in [0.4, 0.5) is 0 Å². The maximum absolute atomic E-state index is 10.9. The number of hydrogen-bond donors (Lipinski definition) is 1. The third-order valence-electron chi connectivity index (χ3n) is 2.14. The minimum Gasteiger partial charge on any atom is -0.497 e. The third kappa shape index (κ3) is 4.94. The van der Waals surface area contributed by atoms with Gasteiger partial charge in [0, 0.05) is 0 Å². The molecule has 1 rings (SSSR count). The van der Waals surface area contributed by atoms with Gasteiger partial charge in [-0.2, -0.15) is 0 Å². The van der Waals surface area contributed by atoms with E-state index in [9.17, 15) is 4.79 Å². The zero-order valence-corrected chi connectivity index (χ0v) is 10.5. The van der Waals surface area contributed by atoms with E-state index < -0.39 is 6.04 Å². The highest BCUT2D eigenvalue weighted by molar-refractivity contribution is 5.81. The highest BCUT2D eigenvalue weighted by atomic mass is 16.5. The lowest BCUT2D eigenvalue weighted by molar-refractivity contribution is -0.118. The molecule has 3 nitrogen and oxygen atoms in total. The first kappa shape index (κ1) is 14.6. The predicted molar refractivity (Wildman–Crippen MR) is 66.7 cm³/mol. The maximum atomic E-state index is 10.9. The molecular formula is C13H21NO2. The summed E-state index contributed by atoms with van der Waals surface area (Å²) in [5.41, 5.74) is 6.69. The molecule has 0 aliphatic heterocycles. The molecule has 2 N–H and O–H groups in total. The van der Waals surface area contributed by atoms with Gasteiger partial charge in [-0.05, 0) is 31.0 Å². The zero-order chi connectivity index (χ0) is 12.6. The van der Waals surface area contributed by atoms with E-state index in [1.807, 2.05) is 38.1 Å². The lowest BCUT2D eigenvalue weighted by Gasteiger charge is -2.07. The van der Waals surface area contributed by atoms with Crippen molar-refractivity contribution < 1.29 is 9.53 Å². The number of Topliss-reactive ketones (excluding diaryl/α,β-unsaturated/α-hetero) is 1. The van der Waals surface area contributed by atoms with Gasteiger partial charge in [0.15, 0.2) is 0 Å². The van der Waals surface area contributed by atoms with Crippen LogP contribution in [0, 0.1) is 0 Å². The SMILES string of the molecule is CC.COc1ccc(C[C@@H](N)C(C)=O)cc1. The molecule has 0 saturated heterocycles. The second-order valence-corrected chi connectivity index (χ2v) is 3.27. The minimum atomic E-state index is -0.400. The number of methoxy groups -OCH3 is 1. The molecule has 0 amide bonds. The van der Waals surface area contributed by atoms with Crippen LogP contribution < -0.4 is 10.5 Å². The number of benzene rings is 1. The Labute approximate surface area is 97.6 Å². The Morgan fingerprint density at radius 1 is 1.31 bits per heavy atom. The van der Waals surface area contributed by atoms with Crippen molar-refractivity contribution in [1.29, 1.82) is 0 Å². The first-order valence-corrected chi connectivity index (χ1v) is 5.52. The van der Waals surface area contributed by atoms with Crippen molar-refractivity contribution in [2.45, 2.75) is 33.2 Å². The molecule has 0 saturated carbocycles. The van der Waals surface area contributed by atoms with Gasteiger partial charge in [-0.3, -0.25) is 4.79 Å². The Hall–Kier alpha value is -1.35. The molecule has 0 heterocycles. The van der Waals surface area contributed by atoms with Crippen molar-refractivity contribution in [3.63, 3.8) is 0 Å². The Bertz CT molecular complexity index is 306. The van der Waals surface area contributed by atoms with Crippen LogP contribution in [0.15, 0.2) is 24.3 Å². The summed E-state index contributed by atoms with van der Waals surface area (Å²) in [6.45, 7) is 5.51. The van der Waals surface area contributed by atoms with Gasteiger partial charge in [0.25, 0.3) is 0 Å². The molecule has 0 unspecified atom stereocenters. The van der Waals surface area contributed by atoms with Crippen molar-refractivity contribution in [2.24, 2.45) is 5.73 Å². The van der Waals surface area contributed by atoms with Gasteiger partial charge in [0.2, 0.25) is 0 Å². The number of ketones is 1. The lowest BCUT2D eigenvalue weighted by atomic mass is 10.0. The molecule has 0 spiro atoms. The van der Waals surface area contributed by atoms with Crippen LogP contribution in [0.1, 0.15) is 26.3 Å². The Morgan fingerprint density at radius 2 is 1.81 bits per heavy atom. The summed E-state index contributed by atoms with van der Waals surface area (Å²) in [5.74, 6) is 0.825. The third-order valence-corrected chi connectivity index (χ3v) is 2.14. The van der Waals surface area contributed by atoms with E-state index in [1.54, 1.807) is 7.11 Å². The molecule has 16 heavy (non-hydrogen) atoms. The molecule has 3 heteroatoms. The number of rotatable bonds is 4. The lowest BCUT2D eigenvalue weighted by Crippen LogP contribution is -2.30. The highest BCUT2D eigenvalue weighted by Crippen LogP contribution is 2.12.